The van der Waals surface area contributed by atoms with E-state index in [1.54, 1.807) is 0 Å². The van der Waals surface area contributed by atoms with Crippen molar-refractivity contribution < 1.29 is 19.9 Å². The number of rotatable bonds is 2. The number of aromatic carboxylic acids is 1. The summed E-state index contributed by atoms with van der Waals surface area (Å²) in [5, 5.41) is 29.5. The molecule has 1 aromatic carbocycles. The smallest absolute Gasteiger partial charge is 0.335 e. The molecule has 0 saturated carbocycles. The maximum absolute atomic E-state index is 10.8. The molecular formula is C7H4NO5. The molecule has 1 N–H and O–H groups in total. The van der Waals surface area contributed by atoms with E-state index < -0.39 is 22.3 Å². The number of hydrogen-bond acceptors (Lipinski definition) is 3. The number of carbonyl (C=O) groups is 1. The summed E-state index contributed by atoms with van der Waals surface area (Å²) in [6, 6.07) is 2.63. The molecule has 0 atom stereocenters. The zero-order chi connectivity index (χ0) is 10.0. The monoisotopic (exact) mass is 182 g/mol. The van der Waals surface area contributed by atoms with Crippen molar-refractivity contribution in [2.75, 3.05) is 0 Å². The largest absolute Gasteiger partial charge is 0.478 e. The van der Waals surface area contributed by atoms with Gasteiger partial charge in [0, 0.05) is 6.07 Å². The second-order valence-electron chi connectivity index (χ2n) is 2.24. The SMILES string of the molecule is [O]c1ccc(C(=O)O)cc1[N+](=O)[O-]. The van der Waals surface area contributed by atoms with Crippen LogP contribution in [0.25, 0.3) is 0 Å². The van der Waals surface area contributed by atoms with E-state index in [9.17, 15) is 20.0 Å². The van der Waals surface area contributed by atoms with Crippen LogP contribution in [0.4, 0.5) is 5.69 Å². The van der Waals surface area contributed by atoms with Crippen molar-refractivity contribution in [3.05, 3.63) is 33.9 Å². The summed E-state index contributed by atoms with van der Waals surface area (Å²) in [5.41, 5.74) is -0.994. The zero-order valence-corrected chi connectivity index (χ0v) is 6.26. The van der Waals surface area contributed by atoms with Gasteiger partial charge < -0.3 is 5.11 Å². The molecule has 1 rings (SSSR count). The van der Waals surface area contributed by atoms with Crippen molar-refractivity contribution in [1.82, 2.24) is 0 Å². The van der Waals surface area contributed by atoms with Crippen molar-refractivity contribution in [2.24, 2.45) is 0 Å². The fraction of sp³-hybridized carbons (Fsp3) is 0. The number of nitro benzene ring substituents is 1. The molecule has 6 nitrogen and oxygen atoms in total. The molecule has 0 aromatic heterocycles. The molecule has 13 heavy (non-hydrogen) atoms. The van der Waals surface area contributed by atoms with Crippen molar-refractivity contribution in [3.63, 3.8) is 0 Å². The van der Waals surface area contributed by atoms with Gasteiger partial charge in [-0.05, 0) is 12.1 Å². The minimum atomic E-state index is -1.30. The highest BCUT2D eigenvalue weighted by Crippen LogP contribution is 2.26. The van der Waals surface area contributed by atoms with Crippen LogP contribution >= 0.6 is 0 Å². The van der Waals surface area contributed by atoms with Crippen LogP contribution in [0.2, 0.25) is 0 Å². The van der Waals surface area contributed by atoms with Crippen LogP contribution in [-0.4, -0.2) is 16.0 Å². The van der Waals surface area contributed by atoms with E-state index in [4.69, 9.17) is 5.11 Å². The van der Waals surface area contributed by atoms with E-state index >= 15 is 0 Å². The van der Waals surface area contributed by atoms with E-state index in [0.717, 1.165) is 18.2 Å². The lowest BCUT2D eigenvalue weighted by Crippen LogP contribution is -1.97. The van der Waals surface area contributed by atoms with Gasteiger partial charge in [-0.2, -0.15) is 0 Å². The first-order valence-electron chi connectivity index (χ1n) is 3.21. The maximum atomic E-state index is 10.8. The average molecular weight is 182 g/mol. The van der Waals surface area contributed by atoms with Crippen LogP contribution in [0, 0.1) is 10.1 Å². The predicted octanol–water partition coefficient (Wildman–Crippen LogP) is 1.44. The first-order chi connectivity index (χ1) is 6.02. The molecule has 0 bridgehead atoms. The van der Waals surface area contributed by atoms with E-state index in [2.05, 4.69) is 0 Å². The Morgan fingerprint density at radius 1 is 1.46 bits per heavy atom. The van der Waals surface area contributed by atoms with Crippen LogP contribution in [0.15, 0.2) is 18.2 Å². The summed E-state index contributed by atoms with van der Waals surface area (Å²) in [4.78, 5) is 19.7. The second-order valence-corrected chi connectivity index (χ2v) is 2.24. The van der Waals surface area contributed by atoms with Gasteiger partial charge in [-0.15, -0.1) is 0 Å². The van der Waals surface area contributed by atoms with Gasteiger partial charge in [-0.3, -0.25) is 15.2 Å². The Morgan fingerprint density at radius 3 is 2.54 bits per heavy atom. The number of benzene rings is 1. The minimum absolute atomic E-state index is 0.272. The van der Waals surface area contributed by atoms with Crippen LogP contribution in [-0.2, 0) is 5.11 Å². The predicted molar refractivity (Wildman–Crippen MR) is 40.2 cm³/mol. The molecule has 0 spiro atoms. The molecule has 0 aliphatic carbocycles. The molecule has 0 heterocycles. The standard InChI is InChI=1S/C7H4NO5/c9-6-2-1-4(7(10)11)3-5(6)8(12)13/h1-3H,(H,10,11). The Hall–Kier alpha value is -2.11. The molecule has 1 aromatic rings. The van der Waals surface area contributed by atoms with Crippen molar-refractivity contribution >= 4 is 11.7 Å². The lowest BCUT2D eigenvalue weighted by atomic mass is 10.2. The number of carboxylic acid groups (broad SMARTS) is 1. The minimum Gasteiger partial charge on any atom is -0.478 e. The number of nitro groups is 1. The highest BCUT2D eigenvalue weighted by Gasteiger charge is 2.17. The third-order valence-electron chi connectivity index (χ3n) is 1.40. The van der Waals surface area contributed by atoms with Gasteiger partial charge in [0.15, 0.2) is 0 Å². The highest BCUT2D eigenvalue weighted by atomic mass is 16.6. The quantitative estimate of drug-likeness (QED) is 0.552. The van der Waals surface area contributed by atoms with Crippen molar-refractivity contribution in [2.45, 2.75) is 0 Å². The Labute approximate surface area is 72.2 Å². The Balaban J connectivity index is 3.27. The number of nitrogens with zero attached hydrogens (tertiary/aromatic N) is 1. The van der Waals surface area contributed by atoms with Crippen molar-refractivity contribution in [3.8, 4) is 5.75 Å². The topological polar surface area (TPSA) is 100 Å². The summed E-state index contributed by atoms with van der Waals surface area (Å²) in [6.07, 6.45) is 0. The van der Waals surface area contributed by atoms with Gasteiger partial charge in [-0.25, -0.2) is 4.79 Å². The first-order valence-corrected chi connectivity index (χ1v) is 3.21. The van der Waals surface area contributed by atoms with Gasteiger partial charge in [0.05, 0.1) is 10.5 Å². The van der Waals surface area contributed by atoms with Crippen LogP contribution in [0.1, 0.15) is 10.4 Å². The summed E-state index contributed by atoms with van der Waals surface area (Å²) in [6.45, 7) is 0. The Kier molecular flexibility index (Phi) is 2.14. The van der Waals surface area contributed by atoms with E-state index in [1.165, 1.54) is 0 Å². The van der Waals surface area contributed by atoms with E-state index in [-0.39, 0.29) is 5.56 Å². The Morgan fingerprint density at radius 2 is 2.08 bits per heavy atom. The maximum Gasteiger partial charge on any atom is 0.335 e. The fourth-order valence-corrected chi connectivity index (χ4v) is 0.793. The molecular weight excluding hydrogens is 178 g/mol. The molecule has 0 aliphatic heterocycles. The summed E-state index contributed by atoms with van der Waals surface area (Å²) in [7, 11) is 0. The van der Waals surface area contributed by atoms with Crippen LogP contribution in [0.3, 0.4) is 0 Å². The first kappa shape index (κ1) is 8.98. The normalized spacial score (nSPS) is 9.54. The van der Waals surface area contributed by atoms with Crippen LogP contribution < -0.4 is 0 Å². The second kappa shape index (κ2) is 3.10. The lowest BCUT2D eigenvalue weighted by molar-refractivity contribution is -0.386. The van der Waals surface area contributed by atoms with Gasteiger partial charge in [0.2, 0.25) is 0 Å². The number of carboxylic acids is 1. The molecule has 6 heteroatoms. The third kappa shape index (κ3) is 1.73. The molecule has 67 valence electrons. The van der Waals surface area contributed by atoms with Gasteiger partial charge in [0.1, 0.15) is 0 Å². The highest BCUT2D eigenvalue weighted by molar-refractivity contribution is 5.88. The lowest BCUT2D eigenvalue weighted by Gasteiger charge is -1.94. The summed E-state index contributed by atoms with van der Waals surface area (Å²) < 4.78 is 0. The molecule has 0 aliphatic rings. The number of hydrogen-bond donors (Lipinski definition) is 1. The molecule has 1 radical (unpaired) electrons. The van der Waals surface area contributed by atoms with Crippen LogP contribution in [0.5, 0.6) is 5.75 Å². The van der Waals surface area contributed by atoms with Gasteiger partial charge in [-0.1, -0.05) is 0 Å². The molecule has 0 amide bonds. The Bertz CT molecular complexity index is 373. The average Bonchev–Trinajstić information content (AvgIpc) is 2.04. The molecule has 0 unspecified atom stereocenters. The van der Waals surface area contributed by atoms with Gasteiger partial charge in [0.25, 0.3) is 5.75 Å². The van der Waals surface area contributed by atoms with Crippen molar-refractivity contribution in [1.29, 1.82) is 0 Å². The third-order valence-corrected chi connectivity index (χ3v) is 1.40. The summed E-state index contributed by atoms with van der Waals surface area (Å²) >= 11 is 0. The van der Waals surface area contributed by atoms with Gasteiger partial charge >= 0.3 is 11.7 Å². The zero-order valence-electron chi connectivity index (χ0n) is 6.26. The van der Waals surface area contributed by atoms with E-state index in [0.29, 0.717) is 0 Å². The fourth-order valence-electron chi connectivity index (χ4n) is 0.793. The molecule has 0 fully saturated rings. The van der Waals surface area contributed by atoms with E-state index in [1.807, 2.05) is 0 Å². The molecule has 0 saturated heterocycles. The summed E-state index contributed by atoms with van der Waals surface area (Å²) in [5.74, 6) is -2.10.